The molecular formula is C11H14N2O. The second kappa shape index (κ2) is 3.70. The molecule has 0 aliphatic carbocycles. The molecule has 0 unspecified atom stereocenters. The van der Waals surface area contributed by atoms with Crippen LogP contribution in [0.5, 0.6) is 5.75 Å². The summed E-state index contributed by atoms with van der Waals surface area (Å²) in [5.74, 6) is 1.99. The van der Waals surface area contributed by atoms with Crippen LogP contribution in [0.3, 0.4) is 0 Å². The fourth-order valence-corrected chi connectivity index (χ4v) is 1.57. The molecule has 14 heavy (non-hydrogen) atoms. The summed E-state index contributed by atoms with van der Waals surface area (Å²) >= 11 is 0. The molecule has 0 N–H and O–H groups in total. The molecule has 0 radical (unpaired) electrons. The maximum absolute atomic E-state index is 5.15. The Morgan fingerprint density at radius 1 is 1.50 bits per heavy atom. The zero-order chi connectivity index (χ0) is 9.97. The molecule has 0 atom stereocenters. The number of aryl methyl sites for hydroxylation is 1. The highest BCUT2D eigenvalue weighted by molar-refractivity contribution is 5.50. The monoisotopic (exact) mass is 190 g/mol. The molecule has 0 bridgehead atoms. The number of hydrogen-bond acceptors (Lipinski definition) is 2. The van der Waals surface area contributed by atoms with Gasteiger partial charge in [-0.25, -0.2) is 4.98 Å². The molecule has 0 saturated carbocycles. The van der Waals surface area contributed by atoms with Crippen LogP contribution in [0.15, 0.2) is 24.5 Å². The Morgan fingerprint density at radius 2 is 2.36 bits per heavy atom. The van der Waals surface area contributed by atoms with Gasteiger partial charge < -0.3 is 9.14 Å². The van der Waals surface area contributed by atoms with Crippen molar-refractivity contribution >= 4 is 5.52 Å². The van der Waals surface area contributed by atoms with Gasteiger partial charge in [0.05, 0.1) is 18.8 Å². The van der Waals surface area contributed by atoms with Crippen LogP contribution in [0.2, 0.25) is 0 Å². The second-order valence-electron chi connectivity index (χ2n) is 3.29. The van der Waals surface area contributed by atoms with Crippen molar-refractivity contribution in [1.82, 2.24) is 9.38 Å². The SMILES string of the molecule is CCCc1ncc2cc(OC)ccn12. The Kier molecular flexibility index (Phi) is 2.39. The fraction of sp³-hybridized carbons (Fsp3) is 0.364. The summed E-state index contributed by atoms with van der Waals surface area (Å²) in [6.45, 7) is 2.16. The van der Waals surface area contributed by atoms with Gasteiger partial charge in [0.25, 0.3) is 0 Å². The summed E-state index contributed by atoms with van der Waals surface area (Å²) < 4.78 is 7.25. The lowest BCUT2D eigenvalue weighted by Crippen LogP contribution is -1.94. The highest BCUT2D eigenvalue weighted by Crippen LogP contribution is 2.15. The van der Waals surface area contributed by atoms with Crippen molar-refractivity contribution in [3.8, 4) is 5.75 Å². The van der Waals surface area contributed by atoms with Crippen molar-refractivity contribution in [2.45, 2.75) is 19.8 Å². The molecule has 3 nitrogen and oxygen atoms in total. The van der Waals surface area contributed by atoms with Crippen LogP contribution in [0.4, 0.5) is 0 Å². The normalized spacial score (nSPS) is 10.7. The average Bonchev–Trinajstić information content (AvgIpc) is 2.61. The molecule has 2 rings (SSSR count). The third-order valence-corrected chi connectivity index (χ3v) is 2.29. The van der Waals surface area contributed by atoms with Crippen LogP contribution >= 0.6 is 0 Å². The maximum atomic E-state index is 5.15. The van der Waals surface area contributed by atoms with E-state index in [1.165, 1.54) is 0 Å². The van der Waals surface area contributed by atoms with Gasteiger partial charge in [-0.1, -0.05) is 6.92 Å². The molecule has 2 aromatic rings. The van der Waals surface area contributed by atoms with E-state index in [9.17, 15) is 0 Å². The van der Waals surface area contributed by atoms with Crippen molar-refractivity contribution in [3.05, 3.63) is 30.4 Å². The Balaban J connectivity index is 2.48. The molecule has 0 spiro atoms. The zero-order valence-electron chi connectivity index (χ0n) is 8.53. The van der Waals surface area contributed by atoms with Gasteiger partial charge >= 0.3 is 0 Å². The number of ether oxygens (including phenoxy) is 1. The number of pyridine rings is 1. The quantitative estimate of drug-likeness (QED) is 0.742. The lowest BCUT2D eigenvalue weighted by Gasteiger charge is -2.02. The van der Waals surface area contributed by atoms with E-state index in [2.05, 4.69) is 16.3 Å². The highest BCUT2D eigenvalue weighted by atomic mass is 16.5. The number of nitrogens with zero attached hydrogens (tertiary/aromatic N) is 2. The first-order valence-corrected chi connectivity index (χ1v) is 4.85. The van der Waals surface area contributed by atoms with E-state index in [-0.39, 0.29) is 0 Å². The molecule has 0 saturated heterocycles. The Labute approximate surface area is 83.3 Å². The number of rotatable bonds is 3. The average molecular weight is 190 g/mol. The minimum atomic E-state index is 0.875. The van der Waals surface area contributed by atoms with Gasteiger partial charge in [0.2, 0.25) is 0 Å². The van der Waals surface area contributed by atoms with Gasteiger partial charge in [0.15, 0.2) is 0 Å². The molecule has 74 valence electrons. The van der Waals surface area contributed by atoms with Crippen molar-refractivity contribution < 1.29 is 4.74 Å². The van der Waals surface area contributed by atoms with Crippen LogP contribution < -0.4 is 4.74 Å². The Bertz CT molecular complexity index is 434. The minimum absolute atomic E-state index is 0.875. The molecule has 0 aliphatic rings. The molecule has 2 aromatic heterocycles. The van der Waals surface area contributed by atoms with E-state index in [4.69, 9.17) is 4.74 Å². The predicted octanol–water partition coefficient (Wildman–Crippen LogP) is 2.30. The highest BCUT2D eigenvalue weighted by Gasteiger charge is 2.02. The molecule has 0 amide bonds. The number of imidazole rings is 1. The van der Waals surface area contributed by atoms with Crippen molar-refractivity contribution in [3.63, 3.8) is 0 Å². The summed E-state index contributed by atoms with van der Waals surface area (Å²) in [5.41, 5.74) is 1.09. The largest absolute Gasteiger partial charge is 0.497 e. The Morgan fingerprint density at radius 3 is 3.07 bits per heavy atom. The minimum Gasteiger partial charge on any atom is -0.497 e. The van der Waals surface area contributed by atoms with Gasteiger partial charge in [-0.2, -0.15) is 0 Å². The van der Waals surface area contributed by atoms with E-state index in [0.29, 0.717) is 0 Å². The molecule has 0 aromatic carbocycles. The first-order chi connectivity index (χ1) is 6.85. The topological polar surface area (TPSA) is 26.5 Å². The number of methoxy groups -OCH3 is 1. The van der Waals surface area contributed by atoms with Crippen LogP contribution in [-0.4, -0.2) is 16.5 Å². The molecule has 2 heterocycles. The molecule has 0 aliphatic heterocycles. The number of hydrogen-bond donors (Lipinski definition) is 0. The third-order valence-electron chi connectivity index (χ3n) is 2.29. The third kappa shape index (κ3) is 1.45. The van der Waals surface area contributed by atoms with Gasteiger partial charge in [0, 0.05) is 18.7 Å². The zero-order valence-corrected chi connectivity index (χ0v) is 8.53. The van der Waals surface area contributed by atoms with Crippen molar-refractivity contribution in [2.75, 3.05) is 7.11 Å². The van der Waals surface area contributed by atoms with Crippen LogP contribution in [-0.2, 0) is 6.42 Å². The Hall–Kier alpha value is -1.51. The van der Waals surface area contributed by atoms with E-state index in [0.717, 1.165) is 29.9 Å². The van der Waals surface area contributed by atoms with Gasteiger partial charge in [-0.05, 0) is 12.5 Å². The van der Waals surface area contributed by atoms with Gasteiger partial charge in [0.1, 0.15) is 11.6 Å². The van der Waals surface area contributed by atoms with Crippen LogP contribution in [0.25, 0.3) is 5.52 Å². The van der Waals surface area contributed by atoms with E-state index in [1.807, 2.05) is 24.5 Å². The van der Waals surface area contributed by atoms with Crippen LogP contribution in [0, 0.1) is 0 Å². The lowest BCUT2D eigenvalue weighted by molar-refractivity contribution is 0.414. The van der Waals surface area contributed by atoms with Crippen molar-refractivity contribution in [1.29, 1.82) is 0 Å². The fourth-order valence-electron chi connectivity index (χ4n) is 1.57. The lowest BCUT2D eigenvalue weighted by atomic mass is 10.3. The number of aromatic nitrogens is 2. The standard InChI is InChI=1S/C11H14N2O/c1-3-4-11-12-8-9-7-10(14-2)5-6-13(9)11/h5-8H,3-4H2,1-2H3. The number of fused-ring (bicyclic) bond motifs is 1. The summed E-state index contributed by atoms with van der Waals surface area (Å²) in [7, 11) is 1.68. The predicted molar refractivity (Wildman–Crippen MR) is 55.7 cm³/mol. The smallest absolute Gasteiger partial charge is 0.122 e. The van der Waals surface area contributed by atoms with Crippen LogP contribution in [0.1, 0.15) is 19.2 Å². The first kappa shape index (κ1) is 9.06. The summed E-state index contributed by atoms with van der Waals surface area (Å²) in [4.78, 5) is 4.37. The van der Waals surface area contributed by atoms with E-state index < -0.39 is 0 Å². The summed E-state index contributed by atoms with van der Waals surface area (Å²) in [5, 5.41) is 0. The summed E-state index contributed by atoms with van der Waals surface area (Å²) in [6, 6.07) is 3.94. The second-order valence-corrected chi connectivity index (χ2v) is 3.29. The van der Waals surface area contributed by atoms with E-state index in [1.54, 1.807) is 7.11 Å². The van der Waals surface area contributed by atoms with Gasteiger partial charge in [-0.3, -0.25) is 0 Å². The molecular weight excluding hydrogens is 176 g/mol. The van der Waals surface area contributed by atoms with E-state index >= 15 is 0 Å². The van der Waals surface area contributed by atoms with Gasteiger partial charge in [-0.15, -0.1) is 0 Å². The maximum Gasteiger partial charge on any atom is 0.122 e. The van der Waals surface area contributed by atoms with Crippen molar-refractivity contribution in [2.24, 2.45) is 0 Å². The summed E-state index contributed by atoms with van der Waals surface area (Å²) in [6.07, 6.45) is 6.02. The first-order valence-electron chi connectivity index (χ1n) is 4.85. The molecule has 0 fully saturated rings. The molecule has 3 heteroatoms.